The van der Waals surface area contributed by atoms with E-state index >= 15 is 0 Å². The van der Waals surface area contributed by atoms with Crippen LogP contribution in [0.3, 0.4) is 0 Å². The largest absolute Gasteiger partial charge is 0.250 e. The molecule has 0 atom stereocenters. The van der Waals surface area contributed by atoms with Gasteiger partial charge in [0.15, 0.2) is 0 Å². The van der Waals surface area contributed by atoms with Gasteiger partial charge in [0, 0.05) is 10.4 Å². The molecule has 0 nitrogen and oxygen atoms in total. The first kappa shape index (κ1) is 9.01. The van der Waals surface area contributed by atoms with Gasteiger partial charge in [0.2, 0.25) is 0 Å². The van der Waals surface area contributed by atoms with Crippen molar-refractivity contribution in [3.05, 3.63) is 34.9 Å². The van der Waals surface area contributed by atoms with Gasteiger partial charge in [-0.2, -0.15) is 0 Å². The Morgan fingerprint density at radius 3 is 2.62 bits per heavy atom. The van der Waals surface area contributed by atoms with E-state index < -0.39 is 0 Å². The van der Waals surface area contributed by atoms with Crippen LogP contribution in [0.4, 0.5) is 4.39 Å². The lowest BCUT2D eigenvalue weighted by Crippen LogP contribution is -2.36. The van der Waals surface area contributed by atoms with E-state index in [9.17, 15) is 4.39 Å². The van der Waals surface area contributed by atoms with Gasteiger partial charge in [-0.15, -0.1) is 0 Å². The minimum absolute atomic E-state index is 0.203. The van der Waals surface area contributed by atoms with Crippen LogP contribution in [0.15, 0.2) is 24.3 Å². The molecule has 1 aliphatic carbocycles. The highest BCUT2D eigenvalue weighted by molar-refractivity contribution is 6.30. The monoisotopic (exact) mass is 198 g/mol. The first-order valence-corrected chi connectivity index (χ1v) is 4.97. The van der Waals surface area contributed by atoms with E-state index in [-0.39, 0.29) is 12.1 Å². The van der Waals surface area contributed by atoms with Gasteiger partial charge in [-0.3, -0.25) is 4.39 Å². The third-order valence-electron chi connectivity index (χ3n) is 3.00. The minimum Gasteiger partial charge on any atom is -0.250 e. The van der Waals surface area contributed by atoms with Crippen LogP contribution in [-0.2, 0) is 5.41 Å². The van der Waals surface area contributed by atoms with Crippen LogP contribution in [0.25, 0.3) is 0 Å². The zero-order valence-corrected chi connectivity index (χ0v) is 8.15. The number of benzene rings is 1. The number of rotatable bonds is 2. The molecular formula is C11H12ClF. The zero-order chi connectivity index (χ0) is 9.31. The van der Waals surface area contributed by atoms with Gasteiger partial charge < -0.3 is 0 Å². The number of alkyl halides is 1. The van der Waals surface area contributed by atoms with Gasteiger partial charge in [0.25, 0.3) is 0 Å². The molecule has 1 aromatic carbocycles. The Labute approximate surface area is 82.7 Å². The molecule has 0 bridgehead atoms. The molecule has 0 unspecified atom stereocenters. The maximum Gasteiger partial charge on any atom is 0.0990 e. The van der Waals surface area contributed by atoms with Gasteiger partial charge in [-0.05, 0) is 30.5 Å². The Hall–Kier alpha value is -0.560. The number of hydrogen-bond donors (Lipinski definition) is 0. The van der Waals surface area contributed by atoms with Crippen LogP contribution in [0.1, 0.15) is 24.8 Å². The van der Waals surface area contributed by atoms with Crippen LogP contribution >= 0.6 is 11.6 Å². The number of hydrogen-bond acceptors (Lipinski definition) is 0. The second-order valence-corrected chi connectivity index (χ2v) is 4.21. The third-order valence-corrected chi connectivity index (χ3v) is 3.24. The lowest BCUT2D eigenvalue weighted by Gasteiger charge is -2.40. The highest BCUT2D eigenvalue weighted by atomic mass is 35.5. The fourth-order valence-electron chi connectivity index (χ4n) is 1.92. The summed E-state index contributed by atoms with van der Waals surface area (Å²) in [6.45, 7) is -0.257. The summed E-state index contributed by atoms with van der Waals surface area (Å²) in [6.07, 6.45) is 3.06. The first-order valence-electron chi connectivity index (χ1n) is 4.59. The molecule has 0 amide bonds. The van der Waals surface area contributed by atoms with E-state index in [1.807, 2.05) is 24.3 Å². The van der Waals surface area contributed by atoms with Crippen molar-refractivity contribution in [2.75, 3.05) is 6.67 Å². The van der Waals surface area contributed by atoms with Crippen LogP contribution in [0.2, 0.25) is 5.02 Å². The maximum absolute atomic E-state index is 12.9. The summed E-state index contributed by atoms with van der Waals surface area (Å²) < 4.78 is 12.9. The van der Waals surface area contributed by atoms with E-state index in [1.54, 1.807) is 0 Å². The van der Waals surface area contributed by atoms with E-state index in [4.69, 9.17) is 11.6 Å². The lowest BCUT2D eigenvalue weighted by molar-refractivity contribution is 0.185. The second-order valence-electron chi connectivity index (χ2n) is 3.78. The van der Waals surface area contributed by atoms with Gasteiger partial charge in [-0.25, -0.2) is 0 Å². The quantitative estimate of drug-likeness (QED) is 0.679. The summed E-state index contributed by atoms with van der Waals surface area (Å²) >= 11 is 5.87. The Kier molecular flexibility index (Phi) is 2.29. The van der Waals surface area contributed by atoms with Gasteiger partial charge in [0.1, 0.15) is 0 Å². The van der Waals surface area contributed by atoms with Crippen molar-refractivity contribution in [3.63, 3.8) is 0 Å². The van der Waals surface area contributed by atoms with Gasteiger partial charge in [0.05, 0.1) is 6.67 Å². The van der Waals surface area contributed by atoms with E-state index in [2.05, 4.69) is 0 Å². The molecule has 1 fully saturated rings. The molecule has 1 aromatic rings. The van der Waals surface area contributed by atoms with E-state index in [0.29, 0.717) is 5.02 Å². The molecule has 13 heavy (non-hydrogen) atoms. The van der Waals surface area contributed by atoms with Crippen molar-refractivity contribution in [3.8, 4) is 0 Å². The molecule has 0 saturated heterocycles. The molecule has 0 aliphatic heterocycles. The molecule has 1 aliphatic rings. The maximum atomic E-state index is 12.9. The molecule has 70 valence electrons. The number of halogens is 2. The zero-order valence-electron chi connectivity index (χ0n) is 7.39. The van der Waals surface area contributed by atoms with Crippen molar-refractivity contribution >= 4 is 11.6 Å². The molecular weight excluding hydrogens is 187 g/mol. The van der Waals surface area contributed by atoms with Crippen molar-refractivity contribution in [2.45, 2.75) is 24.7 Å². The molecule has 0 spiro atoms. The Morgan fingerprint density at radius 2 is 2.15 bits per heavy atom. The highest BCUT2D eigenvalue weighted by Crippen LogP contribution is 2.44. The molecule has 1 saturated carbocycles. The smallest absolute Gasteiger partial charge is 0.0990 e. The summed E-state index contributed by atoms with van der Waals surface area (Å²) in [4.78, 5) is 0. The summed E-state index contributed by atoms with van der Waals surface area (Å²) in [5, 5.41) is 0.706. The molecule has 0 radical (unpaired) electrons. The van der Waals surface area contributed by atoms with Crippen LogP contribution < -0.4 is 0 Å². The molecule has 2 rings (SSSR count). The fraction of sp³-hybridized carbons (Fsp3) is 0.455. The van der Waals surface area contributed by atoms with Crippen molar-refractivity contribution in [2.24, 2.45) is 0 Å². The molecule has 2 heteroatoms. The second kappa shape index (κ2) is 3.30. The fourth-order valence-corrected chi connectivity index (χ4v) is 2.11. The SMILES string of the molecule is FCC1(c2cccc(Cl)c2)CCC1. The Morgan fingerprint density at radius 1 is 1.38 bits per heavy atom. The Bertz CT molecular complexity index is 299. The standard InChI is InChI=1S/C11H12ClF/c12-10-4-1-3-9(7-10)11(8-13)5-2-6-11/h1,3-4,7H,2,5-6,8H2. The minimum atomic E-state index is -0.257. The van der Waals surface area contributed by atoms with Crippen LogP contribution in [0.5, 0.6) is 0 Å². The normalized spacial score (nSPS) is 19.5. The summed E-state index contributed by atoms with van der Waals surface area (Å²) in [5.74, 6) is 0. The first-order chi connectivity index (χ1) is 6.27. The van der Waals surface area contributed by atoms with Crippen molar-refractivity contribution in [1.29, 1.82) is 0 Å². The average Bonchev–Trinajstić information content (AvgIpc) is 2.03. The van der Waals surface area contributed by atoms with E-state index in [1.165, 1.54) is 0 Å². The molecule has 0 aromatic heterocycles. The highest BCUT2D eigenvalue weighted by Gasteiger charge is 2.38. The van der Waals surface area contributed by atoms with Crippen molar-refractivity contribution in [1.82, 2.24) is 0 Å². The van der Waals surface area contributed by atoms with Crippen LogP contribution in [0, 0.1) is 0 Å². The summed E-state index contributed by atoms with van der Waals surface area (Å²) in [6, 6.07) is 7.59. The third kappa shape index (κ3) is 1.46. The summed E-state index contributed by atoms with van der Waals surface area (Å²) in [5.41, 5.74) is 0.860. The van der Waals surface area contributed by atoms with Gasteiger partial charge in [-0.1, -0.05) is 30.2 Å². The molecule has 0 heterocycles. The predicted molar refractivity (Wildman–Crippen MR) is 53.0 cm³/mol. The predicted octanol–water partition coefficient (Wildman–Crippen LogP) is 3.73. The van der Waals surface area contributed by atoms with Crippen LogP contribution in [-0.4, -0.2) is 6.67 Å². The summed E-state index contributed by atoms with van der Waals surface area (Å²) in [7, 11) is 0. The Balaban J connectivity index is 2.33. The molecule has 0 N–H and O–H groups in total. The topological polar surface area (TPSA) is 0 Å². The van der Waals surface area contributed by atoms with E-state index in [0.717, 1.165) is 24.8 Å². The van der Waals surface area contributed by atoms with Crippen molar-refractivity contribution < 1.29 is 4.39 Å². The van der Waals surface area contributed by atoms with Gasteiger partial charge >= 0.3 is 0 Å². The average molecular weight is 199 g/mol. The lowest BCUT2D eigenvalue weighted by atomic mass is 9.65.